The van der Waals surface area contributed by atoms with Crippen LogP contribution < -0.4 is 0 Å². The molecular weight excluding hydrogens is 298 g/mol. The predicted octanol–water partition coefficient (Wildman–Crippen LogP) is 5.74. The fourth-order valence-electron chi connectivity index (χ4n) is 3.02. The van der Waals surface area contributed by atoms with Gasteiger partial charge < -0.3 is 9.64 Å². The van der Waals surface area contributed by atoms with Crippen LogP contribution >= 0.6 is 0 Å². The predicted molar refractivity (Wildman–Crippen MR) is 104 cm³/mol. The van der Waals surface area contributed by atoms with Gasteiger partial charge in [0, 0.05) is 11.6 Å². The van der Waals surface area contributed by atoms with Crippen LogP contribution in [-0.4, -0.2) is 36.6 Å². The molecule has 0 fully saturated rings. The van der Waals surface area contributed by atoms with Gasteiger partial charge in [0.25, 0.3) is 0 Å². The highest BCUT2D eigenvalue weighted by Crippen LogP contribution is 2.13. The lowest BCUT2D eigenvalue weighted by atomic mass is 10.0. The van der Waals surface area contributed by atoms with Crippen LogP contribution in [0.2, 0.25) is 0 Å². The zero-order valence-electron chi connectivity index (χ0n) is 16.7. The largest absolute Gasteiger partial charge is 0.462 e. The molecule has 0 saturated carbocycles. The third-order valence-corrected chi connectivity index (χ3v) is 4.49. The molecule has 0 aromatic carbocycles. The Balaban J connectivity index is 3.47. The van der Waals surface area contributed by atoms with Gasteiger partial charge in [-0.2, -0.15) is 0 Å². The van der Waals surface area contributed by atoms with Crippen LogP contribution in [0.4, 0.5) is 0 Å². The van der Waals surface area contributed by atoms with E-state index in [-0.39, 0.29) is 5.97 Å². The monoisotopic (exact) mass is 339 g/mol. The Hall–Kier alpha value is -0.830. The number of ether oxygens (including phenoxy) is 1. The zero-order chi connectivity index (χ0) is 18.2. The molecule has 0 aliphatic heterocycles. The summed E-state index contributed by atoms with van der Waals surface area (Å²) in [4.78, 5) is 13.9. The minimum Gasteiger partial charge on any atom is -0.462 e. The number of carbonyl (C=O) groups is 1. The van der Waals surface area contributed by atoms with Gasteiger partial charge in [-0.05, 0) is 52.6 Å². The number of rotatable bonds is 16. The van der Waals surface area contributed by atoms with Gasteiger partial charge in [0.15, 0.2) is 0 Å². The molecular formula is C21H41NO2. The number of hydrogen-bond donors (Lipinski definition) is 0. The smallest absolute Gasteiger partial charge is 0.333 e. The zero-order valence-corrected chi connectivity index (χ0v) is 16.7. The summed E-state index contributed by atoms with van der Waals surface area (Å²) in [6.45, 7) is 15.2. The molecule has 24 heavy (non-hydrogen) atoms. The van der Waals surface area contributed by atoms with E-state index in [0.717, 1.165) is 18.9 Å². The standard InChI is InChI=1S/C21H41NO2/c1-6-16-22(17-7-2)20(5)15-13-11-9-8-10-12-14-18-24-21(23)19(3)4/h20H,3,6-18H2,1-2,4-5H3. The summed E-state index contributed by atoms with van der Waals surface area (Å²) in [6.07, 6.45) is 12.5. The van der Waals surface area contributed by atoms with Crippen molar-refractivity contribution >= 4 is 5.97 Å². The lowest BCUT2D eigenvalue weighted by Crippen LogP contribution is -2.34. The lowest BCUT2D eigenvalue weighted by Gasteiger charge is -2.28. The van der Waals surface area contributed by atoms with Crippen molar-refractivity contribution in [2.45, 2.75) is 97.9 Å². The minimum atomic E-state index is -0.260. The molecule has 0 radical (unpaired) electrons. The highest BCUT2D eigenvalue weighted by molar-refractivity contribution is 5.86. The second-order valence-corrected chi connectivity index (χ2v) is 7.06. The Kier molecular flexibility index (Phi) is 15.1. The van der Waals surface area contributed by atoms with Crippen LogP contribution in [0.1, 0.15) is 91.9 Å². The van der Waals surface area contributed by atoms with Gasteiger partial charge in [-0.25, -0.2) is 4.79 Å². The quantitative estimate of drug-likeness (QED) is 0.204. The second-order valence-electron chi connectivity index (χ2n) is 7.06. The SMILES string of the molecule is C=C(C)C(=O)OCCCCCCCCCC(C)N(CCC)CCC. The molecule has 0 bridgehead atoms. The lowest BCUT2D eigenvalue weighted by molar-refractivity contribution is -0.139. The molecule has 0 aliphatic carbocycles. The van der Waals surface area contributed by atoms with Crippen LogP contribution in [0, 0.1) is 0 Å². The first kappa shape index (κ1) is 23.2. The van der Waals surface area contributed by atoms with Crippen molar-refractivity contribution in [2.75, 3.05) is 19.7 Å². The summed E-state index contributed by atoms with van der Waals surface area (Å²) in [6, 6.07) is 0.730. The van der Waals surface area contributed by atoms with Crippen molar-refractivity contribution in [3.05, 3.63) is 12.2 Å². The summed E-state index contributed by atoms with van der Waals surface area (Å²) in [5, 5.41) is 0. The normalized spacial score (nSPS) is 12.4. The highest BCUT2D eigenvalue weighted by atomic mass is 16.5. The molecule has 0 spiro atoms. The van der Waals surface area contributed by atoms with E-state index in [1.807, 2.05) is 0 Å². The third-order valence-electron chi connectivity index (χ3n) is 4.49. The van der Waals surface area contributed by atoms with Gasteiger partial charge in [-0.3, -0.25) is 0 Å². The Morgan fingerprint density at radius 3 is 1.96 bits per heavy atom. The molecule has 0 aliphatic rings. The summed E-state index contributed by atoms with van der Waals surface area (Å²) >= 11 is 0. The van der Waals surface area contributed by atoms with E-state index in [1.54, 1.807) is 6.92 Å². The van der Waals surface area contributed by atoms with Crippen molar-refractivity contribution in [3.8, 4) is 0 Å². The third kappa shape index (κ3) is 12.6. The van der Waals surface area contributed by atoms with E-state index in [0.29, 0.717) is 12.2 Å². The van der Waals surface area contributed by atoms with Crippen LogP contribution in [0.15, 0.2) is 12.2 Å². The van der Waals surface area contributed by atoms with Crippen molar-refractivity contribution in [1.82, 2.24) is 4.90 Å². The van der Waals surface area contributed by atoms with Crippen LogP contribution in [0.25, 0.3) is 0 Å². The molecule has 0 amide bonds. The average Bonchev–Trinajstić information content (AvgIpc) is 2.55. The van der Waals surface area contributed by atoms with E-state index in [1.165, 1.54) is 64.5 Å². The van der Waals surface area contributed by atoms with Crippen LogP contribution in [-0.2, 0) is 9.53 Å². The van der Waals surface area contributed by atoms with Crippen molar-refractivity contribution in [3.63, 3.8) is 0 Å². The first-order valence-electron chi connectivity index (χ1n) is 10.1. The van der Waals surface area contributed by atoms with E-state index < -0.39 is 0 Å². The topological polar surface area (TPSA) is 29.5 Å². The molecule has 0 rings (SSSR count). The number of nitrogens with zero attached hydrogens (tertiary/aromatic N) is 1. The molecule has 0 aromatic rings. The van der Waals surface area contributed by atoms with Gasteiger partial charge in [-0.1, -0.05) is 59.0 Å². The van der Waals surface area contributed by atoms with E-state index >= 15 is 0 Å². The first-order valence-corrected chi connectivity index (χ1v) is 10.1. The molecule has 0 heterocycles. The van der Waals surface area contributed by atoms with Crippen molar-refractivity contribution < 1.29 is 9.53 Å². The average molecular weight is 340 g/mol. The van der Waals surface area contributed by atoms with Gasteiger partial charge in [0.2, 0.25) is 0 Å². The van der Waals surface area contributed by atoms with Crippen LogP contribution in [0.5, 0.6) is 0 Å². The van der Waals surface area contributed by atoms with Crippen molar-refractivity contribution in [1.29, 1.82) is 0 Å². The fraction of sp³-hybridized carbons (Fsp3) is 0.857. The van der Waals surface area contributed by atoms with Gasteiger partial charge in [0.05, 0.1) is 6.61 Å². The molecule has 142 valence electrons. The molecule has 1 atom stereocenters. The minimum absolute atomic E-state index is 0.260. The molecule has 0 N–H and O–H groups in total. The van der Waals surface area contributed by atoms with Crippen LogP contribution in [0.3, 0.4) is 0 Å². The van der Waals surface area contributed by atoms with E-state index in [4.69, 9.17) is 4.74 Å². The highest BCUT2D eigenvalue weighted by Gasteiger charge is 2.11. The molecule has 3 heteroatoms. The van der Waals surface area contributed by atoms with E-state index in [2.05, 4.69) is 32.3 Å². The Morgan fingerprint density at radius 1 is 0.958 bits per heavy atom. The van der Waals surface area contributed by atoms with Gasteiger partial charge in [-0.15, -0.1) is 0 Å². The van der Waals surface area contributed by atoms with Crippen molar-refractivity contribution in [2.24, 2.45) is 0 Å². The number of esters is 1. The molecule has 0 saturated heterocycles. The Morgan fingerprint density at radius 2 is 1.46 bits per heavy atom. The maximum Gasteiger partial charge on any atom is 0.333 e. The summed E-state index contributed by atoms with van der Waals surface area (Å²) < 4.78 is 5.09. The maximum atomic E-state index is 11.2. The summed E-state index contributed by atoms with van der Waals surface area (Å²) in [5.41, 5.74) is 0.487. The first-order chi connectivity index (χ1) is 11.5. The molecule has 0 aromatic heterocycles. The Bertz CT molecular complexity index is 322. The second kappa shape index (κ2) is 15.7. The summed E-state index contributed by atoms with van der Waals surface area (Å²) in [5.74, 6) is -0.260. The maximum absolute atomic E-state index is 11.2. The number of unbranched alkanes of at least 4 members (excludes halogenated alkanes) is 6. The fourth-order valence-corrected chi connectivity index (χ4v) is 3.02. The van der Waals surface area contributed by atoms with Gasteiger partial charge in [0.1, 0.15) is 0 Å². The molecule has 3 nitrogen and oxygen atoms in total. The number of hydrogen-bond acceptors (Lipinski definition) is 3. The number of carbonyl (C=O) groups excluding carboxylic acids is 1. The summed E-state index contributed by atoms with van der Waals surface area (Å²) in [7, 11) is 0. The van der Waals surface area contributed by atoms with Gasteiger partial charge >= 0.3 is 5.97 Å². The Labute approximate surface area is 150 Å². The van der Waals surface area contributed by atoms with E-state index in [9.17, 15) is 4.79 Å². The molecule has 1 unspecified atom stereocenters.